The number of hydrogen-bond donors (Lipinski definition) is 2. The minimum absolute atomic E-state index is 0.00314. The Morgan fingerprint density at radius 1 is 1.19 bits per heavy atom. The van der Waals surface area contributed by atoms with Crippen molar-refractivity contribution in [3.05, 3.63) is 81.4 Å². The number of halogens is 2. The van der Waals surface area contributed by atoms with E-state index in [1.807, 2.05) is 0 Å². The van der Waals surface area contributed by atoms with Crippen LogP contribution in [0.1, 0.15) is 10.4 Å². The zero-order valence-electron chi connectivity index (χ0n) is 14.0. The Morgan fingerprint density at radius 3 is 2.59 bits per heavy atom. The van der Waals surface area contributed by atoms with Crippen molar-refractivity contribution in [1.29, 1.82) is 0 Å². The van der Waals surface area contributed by atoms with Crippen molar-refractivity contribution < 1.29 is 14.3 Å². The van der Waals surface area contributed by atoms with Crippen LogP contribution in [0.25, 0.3) is 16.9 Å². The number of aliphatic hydroxyl groups excluding tert-OH is 1. The molecule has 27 heavy (non-hydrogen) atoms. The van der Waals surface area contributed by atoms with Gasteiger partial charge in [0, 0.05) is 17.1 Å². The van der Waals surface area contributed by atoms with Crippen molar-refractivity contribution in [1.82, 2.24) is 15.1 Å². The van der Waals surface area contributed by atoms with Crippen LogP contribution in [0.5, 0.6) is 0 Å². The largest absolute Gasteiger partial charge is 0.395 e. The highest BCUT2D eigenvalue weighted by atomic mass is 35.5. The van der Waals surface area contributed by atoms with Crippen molar-refractivity contribution in [2.45, 2.75) is 0 Å². The zero-order valence-corrected chi connectivity index (χ0v) is 14.8. The number of carbonyl (C=O) groups excluding carboxylic acids is 1. The van der Waals surface area contributed by atoms with Gasteiger partial charge in [-0.15, -0.1) is 0 Å². The van der Waals surface area contributed by atoms with E-state index in [1.54, 1.807) is 24.3 Å². The van der Waals surface area contributed by atoms with E-state index in [0.717, 1.165) is 10.7 Å². The molecule has 0 radical (unpaired) electrons. The molecule has 0 aliphatic carbocycles. The fourth-order valence-electron chi connectivity index (χ4n) is 2.47. The smallest absolute Gasteiger partial charge is 0.284 e. The van der Waals surface area contributed by atoms with E-state index in [1.165, 1.54) is 24.3 Å². The van der Waals surface area contributed by atoms with Gasteiger partial charge < -0.3 is 10.4 Å². The third kappa shape index (κ3) is 4.21. The molecule has 0 bridgehead atoms. The lowest BCUT2D eigenvalue weighted by Gasteiger charge is -2.11. The number of aliphatic hydroxyl groups is 1. The summed E-state index contributed by atoms with van der Waals surface area (Å²) in [5.41, 5.74) is 0.277. The van der Waals surface area contributed by atoms with E-state index in [-0.39, 0.29) is 24.4 Å². The van der Waals surface area contributed by atoms with E-state index in [2.05, 4.69) is 10.4 Å². The van der Waals surface area contributed by atoms with Gasteiger partial charge in [0.15, 0.2) is 0 Å². The molecule has 0 aliphatic rings. The first-order chi connectivity index (χ1) is 13.0. The van der Waals surface area contributed by atoms with Crippen molar-refractivity contribution in [3.63, 3.8) is 0 Å². The average Bonchev–Trinajstić information content (AvgIpc) is 2.67. The van der Waals surface area contributed by atoms with Crippen molar-refractivity contribution >= 4 is 17.5 Å². The highest BCUT2D eigenvalue weighted by Gasteiger charge is 2.17. The molecule has 0 unspecified atom stereocenters. The van der Waals surface area contributed by atoms with E-state index >= 15 is 0 Å². The topological polar surface area (TPSA) is 84.2 Å². The van der Waals surface area contributed by atoms with E-state index in [0.29, 0.717) is 16.3 Å². The second kappa shape index (κ2) is 8.11. The lowest BCUT2D eigenvalue weighted by molar-refractivity contribution is 0.0942. The highest BCUT2D eigenvalue weighted by Crippen LogP contribution is 2.20. The Bertz CT molecular complexity index is 1040. The summed E-state index contributed by atoms with van der Waals surface area (Å²) in [6.07, 6.45) is 0. The van der Waals surface area contributed by atoms with Gasteiger partial charge >= 0.3 is 0 Å². The zero-order chi connectivity index (χ0) is 19.4. The van der Waals surface area contributed by atoms with Crippen LogP contribution in [-0.2, 0) is 0 Å². The first kappa shape index (κ1) is 18.8. The Labute approximate surface area is 158 Å². The Hall–Kier alpha value is -3.03. The van der Waals surface area contributed by atoms with Gasteiger partial charge in [-0.25, -0.2) is 4.39 Å². The van der Waals surface area contributed by atoms with Crippen LogP contribution in [0.15, 0.2) is 59.4 Å². The molecule has 8 heteroatoms. The van der Waals surface area contributed by atoms with Crippen LogP contribution < -0.4 is 10.9 Å². The molecule has 2 aromatic carbocycles. The first-order valence-electron chi connectivity index (χ1n) is 8.05. The number of carbonyl (C=O) groups is 1. The van der Waals surface area contributed by atoms with Crippen LogP contribution in [0.2, 0.25) is 5.02 Å². The van der Waals surface area contributed by atoms with E-state index in [4.69, 9.17) is 16.7 Å². The van der Waals surface area contributed by atoms with Gasteiger partial charge in [-0.3, -0.25) is 9.59 Å². The maximum absolute atomic E-state index is 13.6. The van der Waals surface area contributed by atoms with Gasteiger partial charge in [-0.2, -0.15) is 9.78 Å². The second-order valence-corrected chi connectivity index (χ2v) is 6.06. The normalized spacial score (nSPS) is 10.6. The Kier molecular flexibility index (Phi) is 5.63. The number of benzene rings is 2. The molecule has 2 N–H and O–H groups in total. The fourth-order valence-corrected chi connectivity index (χ4v) is 2.59. The third-order valence-electron chi connectivity index (χ3n) is 3.75. The molecule has 3 rings (SSSR count). The standard InChI is InChI=1S/C19H15ClFN3O3/c20-13-6-4-12(5-7-13)17-11-16(18(26)22-8-9-25)19(27)24(23-17)15-3-1-2-14(21)10-15/h1-7,10-11,25H,8-9H2,(H,22,26). The van der Waals surface area contributed by atoms with Crippen LogP contribution in [0.3, 0.4) is 0 Å². The van der Waals surface area contributed by atoms with Crippen LogP contribution in [-0.4, -0.2) is 33.9 Å². The lowest BCUT2D eigenvalue weighted by Crippen LogP contribution is -2.35. The summed E-state index contributed by atoms with van der Waals surface area (Å²) in [4.78, 5) is 25.1. The van der Waals surface area contributed by atoms with Gasteiger partial charge in [-0.05, 0) is 36.4 Å². The van der Waals surface area contributed by atoms with Gasteiger partial charge in [0.1, 0.15) is 11.4 Å². The number of aromatic nitrogens is 2. The minimum atomic E-state index is -0.700. The Balaban J connectivity index is 2.19. The molecule has 1 amide bonds. The van der Waals surface area contributed by atoms with E-state index in [9.17, 15) is 14.0 Å². The first-order valence-corrected chi connectivity index (χ1v) is 8.42. The minimum Gasteiger partial charge on any atom is -0.395 e. The predicted octanol–water partition coefficient (Wildman–Crippen LogP) is 2.41. The summed E-state index contributed by atoms with van der Waals surface area (Å²) in [5.74, 6) is -1.19. The molecule has 138 valence electrons. The molecule has 0 saturated carbocycles. The van der Waals surface area contributed by atoms with Gasteiger partial charge in [0.25, 0.3) is 11.5 Å². The number of rotatable bonds is 5. The maximum atomic E-state index is 13.6. The Morgan fingerprint density at radius 2 is 1.93 bits per heavy atom. The number of hydrogen-bond acceptors (Lipinski definition) is 4. The van der Waals surface area contributed by atoms with Gasteiger partial charge in [-0.1, -0.05) is 29.8 Å². The predicted molar refractivity (Wildman–Crippen MR) is 99.7 cm³/mol. The van der Waals surface area contributed by atoms with Crippen molar-refractivity contribution in [2.75, 3.05) is 13.2 Å². The number of nitrogens with zero attached hydrogens (tertiary/aromatic N) is 2. The number of nitrogens with one attached hydrogen (secondary N) is 1. The molecule has 6 nitrogen and oxygen atoms in total. The molecule has 0 atom stereocenters. The van der Waals surface area contributed by atoms with Crippen LogP contribution in [0.4, 0.5) is 4.39 Å². The quantitative estimate of drug-likeness (QED) is 0.704. The molecule has 1 aromatic heterocycles. The molecular formula is C19H15ClFN3O3. The van der Waals surface area contributed by atoms with E-state index < -0.39 is 17.3 Å². The van der Waals surface area contributed by atoms with Gasteiger partial charge in [0.2, 0.25) is 0 Å². The van der Waals surface area contributed by atoms with Crippen molar-refractivity contribution in [3.8, 4) is 16.9 Å². The van der Waals surface area contributed by atoms with Crippen LogP contribution in [0, 0.1) is 5.82 Å². The summed E-state index contributed by atoms with van der Waals surface area (Å²) in [6.45, 7) is -0.268. The summed E-state index contributed by atoms with van der Waals surface area (Å²) in [5, 5.41) is 16.1. The molecule has 0 fully saturated rings. The summed E-state index contributed by atoms with van der Waals surface area (Å²) in [6, 6.07) is 13.4. The third-order valence-corrected chi connectivity index (χ3v) is 4.00. The molecule has 0 aliphatic heterocycles. The maximum Gasteiger partial charge on any atom is 0.284 e. The van der Waals surface area contributed by atoms with Crippen LogP contribution >= 0.6 is 11.6 Å². The SMILES string of the molecule is O=C(NCCO)c1cc(-c2ccc(Cl)cc2)nn(-c2cccc(F)c2)c1=O. The summed E-state index contributed by atoms with van der Waals surface area (Å²) >= 11 is 5.90. The molecular weight excluding hydrogens is 373 g/mol. The molecule has 0 saturated heterocycles. The molecule has 1 heterocycles. The molecule has 0 spiro atoms. The summed E-state index contributed by atoms with van der Waals surface area (Å²) < 4.78 is 14.6. The number of amides is 1. The highest BCUT2D eigenvalue weighted by molar-refractivity contribution is 6.30. The van der Waals surface area contributed by atoms with Gasteiger partial charge in [0.05, 0.1) is 18.0 Å². The average molecular weight is 388 g/mol. The fraction of sp³-hybridized carbons (Fsp3) is 0.105. The second-order valence-electron chi connectivity index (χ2n) is 5.63. The molecule has 3 aromatic rings. The van der Waals surface area contributed by atoms with Crippen molar-refractivity contribution in [2.24, 2.45) is 0 Å². The summed E-state index contributed by atoms with van der Waals surface area (Å²) in [7, 11) is 0. The lowest BCUT2D eigenvalue weighted by atomic mass is 10.1. The monoisotopic (exact) mass is 387 g/mol.